The second-order valence-electron chi connectivity index (χ2n) is 8.36. The number of likely N-dealkylation sites (tertiary alicyclic amines) is 1. The van der Waals surface area contributed by atoms with Crippen LogP contribution in [0.5, 0.6) is 0 Å². The molecule has 3 nitrogen and oxygen atoms in total. The molecule has 4 heteroatoms. The van der Waals surface area contributed by atoms with Crippen LogP contribution >= 0.6 is 0 Å². The van der Waals surface area contributed by atoms with Gasteiger partial charge in [-0.25, -0.2) is 4.39 Å². The number of nitrogens with one attached hydrogen (secondary N) is 1. The molecule has 1 aliphatic carbocycles. The van der Waals surface area contributed by atoms with Crippen molar-refractivity contribution in [3.8, 4) is 0 Å². The lowest BCUT2D eigenvalue weighted by molar-refractivity contribution is -0.133. The molecule has 27 heavy (non-hydrogen) atoms. The molecule has 0 bridgehead atoms. The van der Waals surface area contributed by atoms with E-state index >= 15 is 0 Å². The normalized spacial score (nSPS) is 25.9. The van der Waals surface area contributed by atoms with Gasteiger partial charge in [0.1, 0.15) is 5.83 Å². The fraction of sp³-hybridized carbons (Fsp3) is 0.696. The molecule has 0 aromatic heterocycles. The van der Waals surface area contributed by atoms with Crippen molar-refractivity contribution >= 4 is 5.91 Å². The standard InChI is InChI=1S/C21H33FN2O.C2H4/c1-2-19(22)12-18-13-21(8-10-23-11-9-21)14-20(25)24(16-18)15-17-6-4-3-5-7-17;1-2/h2,12,17,23H,3-11,13-16H2,1H3;1-2H2/b18-12-,19-2+;. The number of piperidine rings is 1. The van der Waals surface area contributed by atoms with Gasteiger partial charge in [-0.2, -0.15) is 0 Å². The number of hydrogen-bond donors (Lipinski definition) is 1. The maximum atomic E-state index is 14.0. The maximum absolute atomic E-state index is 14.0. The number of amides is 1. The summed E-state index contributed by atoms with van der Waals surface area (Å²) in [5.41, 5.74) is 1.13. The summed E-state index contributed by atoms with van der Waals surface area (Å²) in [7, 11) is 0. The van der Waals surface area contributed by atoms with Crippen LogP contribution in [0, 0.1) is 11.3 Å². The highest BCUT2D eigenvalue weighted by Crippen LogP contribution is 2.42. The van der Waals surface area contributed by atoms with E-state index in [4.69, 9.17) is 0 Å². The van der Waals surface area contributed by atoms with Crippen LogP contribution in [0.25, 0.3) is 0 Å². The third-order valence-corrected chi connectivity index (χ3v) is 6.36. The Morgan fingerprint density at radius 2 is 1.89 bits per heavy atom. The molecule has 3 fully saturated rings. The van der Waals surface area contributed by atoms with E-state index < -0.39 is 0 Å². The molecule has 152 valence electrons. The van der Waals surface area contributed by atoms with Crippen LogP contribution in [0.1, 0.15) is 64.7 Å². The molecule has 1 saturated carbocycles. The summed E-state index contributed by atoms with van der Waals surface area (Å²) in [4.78, 5) is 15.1. The predicted octanol–water partition coefficient (Wildman–Crippen LogP) is 5.16. The molecular weight excluding hydrogens is 339 g/mol. The zero-order valence-electron chi connectivity index (χ0n) is 17.1. The lowest BCUT2D eigenvalue weighted by Gasteiger charge is -2.36. The molecule has 0 atom stereocenters. The van der Waals surface area contributed by atoms with Crippen LogP contribution in [0.2, 0.25) is 0 Å². The first-order chi connectivity index (χ1) is 13.1. The monoisotopic (exact) mass is 376 g/mol. The Morgan fingerprint density at radius 1 is 1.22 bits per heavy atom. The SMILES string of the molecule is C/C=C(F)\C=C1/CN(CC2CCCCC2)C(=O)CC2(CCNCC2)C1.C=C. The summed E-state index contributed by atoms with van der Waals surface area (Å²) in [6, 6.07) is 0. The molecule has 2 aliphatic heterocycles. The minimum atomic E-state index is -0.175. The Kier molecular flexibility index (Phi) is 8.75. The third kappa shape index (κ3) is 6.31. The van der Waals surface area contributed by atoms with Gasteiger partial charge >= 0.3 is 0 Å². The summed E-state index contributed by atoms with van der Waals surface area (Å²) in [5.74, 6) is 0.746. The van der Waals surface area contributed by atoms with E-state index in [1.807, 2.05) is 4.90 Å². The van der Waals surface area contributed by atoms with Crippen LogP contribution in [0.3, 0.4) is 0 Å². The number of hydrogen-bond acceptors (Lipinski definition) is 2. The fourth-order valence-corrected chi connectivity index (χ4v) is 4.90. The molecule has 0 aromatic rings. The van der Waals surface area contributed by atoms with Gasteiger partial charge < -0.3 is 10.2 Å². The number of nitrogens with zero attached hydrogens (tertiary/aromatic N) is 1. The number of rotatable bonds is 3. The Morgan fingerprint density at radius 3 is 2.52 bits per heavy atom. The average Bonchev–Trinajstić information content (AvgIpc) is 2.81. The molecule has 1 spiro atoms. The maximum Gasteiger partial charge on any atom is 0.223 e. The molecule has 1 amide bonds. The minimum Gasteiger partial charge on any atom is -0.338 e. The van der Waals surface area contributed by atoms with Gasteiger partial charge in [-0.1, -0.05) is 25.3 Å². The smallest absolute Gasteiger partial charge is 0.223 e. The van der Waals surface area contributed by atoms with Crippen LogP contribution in [0.15, 0.2) is 36.7 Å². The third-order valence-electron chi connectivity index (χ3n) is 6.36. The van der Waals surface area contributed by atoms with E-state index in [1.165, 1.54) is 38.2 Å². The van der Waals surface area contributed by atoms with Gasteiger partial charge in [-0.15, -0.1) is 13.2 Å². The molecule has 2 saturated heterocycles. The van der Waals surface area contributed by atoms with Crippen molar-refractivity contribution in [2.45, 2.75) is 64.7 Å². The van der Waals surface area contributed by atoms with E-state index in [-0.39, 0.29) is 17.1 Å². The Labute approximate surface area is 164 Å². The highest BCUT2D eigenvalue weighted by Gasteiger charge is 2.39. The van der Waals surface area contributed by atoms with Gasteiger partial charge in [-0.3, -0.25) is 4.79 Å². The van der Waals surface area contributed by atoms with Crippen LogP contribution in [0.4, 0.5) is 4.39 Å². The second kappa shape index (κ2) is 10.8. The van der Waals surface area contributed by atoms with Crippen LogP contribution < -0.4 is 5.32 Å². The number of carbonyl (C=O) groups excluding carboxylic acids is 1. The van der Waals surface area contributed by atoms with Gasteiger partial charge in [0.2, 0.25) is 5.91 Å². The number of halogens is 1. The molecular formula is C23H37FN2O. The van der Waals surface area contributed by atoms with Gasteiger partial charge in [0.25, 0.3) is 0 Å². The second-order valence-corrected chi connectivity index (χ2v) is 8.36. The molecule has 3 rings (SSSR count). The van der Waals surface area contributed by atoms with Crippen LogP contribution in [-0.4, -0.2) is 37.0 Å². The lowest BCUT2D eigenvalue weighted by atomic mass is 9.72. The van der Waals surface area contributed by atoms with E-state index in [9.17, 15) is 9.18 Å². The van der Waals surface area contributed by atoms with Gasteiger partial charge in [0.15, 0.2) is 0 Å². The van der Waals surface area contributed by atoms with E-state index in [0.29, 0.717) is 18.9 Å². The average molecular weight is 377 g/mol. The van der Waals surface area contributed by atoms with Crippen molar-refractivity contribution in [3.63, 3.8) is 0 Å². The molecule has 1 N–H and O–H groups in total. The zero-order chi connectivity index (χ0) is 19.7. The molecule has 3 aliphatic rings. The molecule has 0 radical (unpaired) electrons. The van der Waals surface area contributed by atoms with Crippen molar-refractivity contribution in [2.24, 2.45) is 11.3 Å². The summed E-state index contributed by atoms with van der Waals surface area (Å²) in [6.45, 7) is 11.1. The zero-order valence-corrected chi connectivity index (χ0v) is 17.1. The van der Waals surface area contributed by atoms with Crippen molar-refractivity contribution in [1.29, 1.82) is 0 Å². The van der Waals surface area contributed by atoms with E-state index in [0.717, 1.165) is 44.5 Å². The predicted molar refractivity (Wildman–Crippen MR) is 111 cm³/mol. The van der Waals surface area contributed by atoms with Crippen molar-refractivity contribution in [3.05, 3.63) is 36.7 Å². The fourth-order valence-electron chi connectivity index (χ4n) is 4.90. The summed E-state index contributed by atoms with van der Waals surface area (Å²) >= 11 is 0. The van der Waals surface area contributed by atoms with Gasteiger partial charge in [-0.05, 0) is 75.1 Å². The van der Waals surface area contributed by atoms with Crippen LogP contribution in [-0.2, 0) is 4.79 Å². The first kappa shape index (κ1) is 21.9. The van der Waals surface area contributed by atoms with Crippen molar-refractivity contribution < 1.29 is 9.18 Å². The lowest BCUT2D eigenvalue weighted by Crippen LogP contribution is -2.40. The molecule has 0 aromatic carbocycles. The highest BCUT2D eigenvalue weighted by atomic mass is 19.1. The number of carbonyl (C=O) groups is 1. The molecule has 0 unspecified atom stereocenters. The Balaban J connectivity index is 0.00000126. The topological polar surface area (TPSA) is 32.3 Å². The first-order valence-corrected chi connectivity index (χ1v) is 10.6. The number of allylic oxidation sites excluding steroid dienone is 3. The van der Waals surface area contributed by atoms with Crippen molar-refractivity contribution in [2.75, 3.05) is 26.2 Å². The first-order valence-electron chi connectivity index (χ1n) is 10.6. The van der Waals surface area contributed by atoms with Gasteiger partial charge in [0, 0.05) is 19.5 Å². The Bertz CT molecular complexity index is 543. The van der Waals surface area contributed by atoms with Crippen molar-refractivity contribution in [1.82, 2.24) is 10.2 Å². The summed E-state index contributed by atoms with van der Waals surface area (Å²) in [6.07, 6.45) is 13.1. The Hall–Kier alpha value is -1.42. The van der Waals surface area contributed by atoms with E-state index in [1.54, 1.807) is 13.0 Å². The minimum absolute atomic E-state index is 0.0313. The summed E-state index contributed by atoms with van der Waals surface area (Å²) < 4.78 is 14.0. The van der Waals surface area contributed by atoms with E-state index in [2.05, 4.69) is 18.5 Å². The molecule has 2 heterocycles. The highest BCUT2D eigenvalue weighted by molar-refractivity contribution is 5.78. The largest absolute Gasteiger partial charge is 0.338 e. The quantitative estimate of drug-likeness (QED) is 0.690. The van der Waals surface area contributed by atoms with Gasteiger partial charge in [0.05, 0.1) is 0 Å². The summed E-state index contributed by atoms with van der Waals surface area (Å²) in [5, 5.41) is 3.41.